The van der Waals surface area contributed by atoms with Gasteiger partial charge in [-0.2, -0.15) is 5.10 Å². The normalized spacial score (nSPS) is 11.3. The van der Waals surface area contributed by atoms with Crippen molar-refractivity contribution in [2.45, 2.75) is 6.92 Å². The summed E-state index contributed by atoms with van der Waals surface area (Å²) in [5.74, 6) is -0.719. The minimum atomic E-state index is -0.554. The first-order chi connectivity index (χ1) is 9.99. The molecule has 2 rings (SSSR count). The van der Waals surface area contributed by atoms with E-state index in [1.807, 2.05) is 12.1 Å². The van der Waals surface area contributed by atoms with E-state index in [0.717, 1.165) is 5.56 Å². The number of carbonyl (C=O) groups is 1. The Morgan fingerprint density at radius 3 is 2.57 bits per heavy atom. The number of rotatable bonds is 3. The topological polar surface area (TPSA) is 61.7 Å². The van der Waals surface area contributed by atoms with Gasteiger partial charge in [0.1, 0.15) is 5.75 Å². The Morgan fingerprint density at radius 1 is 1.14 bits per heavy atom. The van der Waals surface area contributed by atoms with Gasteiger partial charge in [-0.15, -0.1) is 0 Å². The van der Waals surface area contributed by atoms with Crippen LogP contribution in [0.25, 0.3) is 0 Å². The van der Waals surface area contributed by atoms with Gasteiger partial charge in [0.25, 0.3) is 5.91 Å². The number of aromatic hydroxyl groups is 1. The number of nitrogens with zero attached hydrogens (tertiary/aromatic N) is 1. The zero-order chi connectivity index (χ0) is 15.4. The third kappa shape index (κ3) is 3.74. The summed E-state index contributed by atoms with van der Waals surface area (Å²) in [4.78, 5) is 12.0. The fourth-order valence-corrected chi connectivity index (χ4v) is 2.14. The van der Waals surface area contributed by atoms with Gasteiger partial charge in [-0.3, -0.25) is 4.79 Å². The number of nitrogens with one attached hydrogen (secondary N) is 1. The van der Waals surface area contributed by atoms with Crippen molar-refractivity contribution < 1.29 is 9.90 Å². The minimum Gasteiger partial charge on any atom is -0.507 e. The number of phenols is 1. The first-order valence-electron chi connectivity index (χ1n) is 6.07. The average molecular weight is 323 g/mol. The highest BCUT2D eigenvalue weighted by atomic mass is 35.5. The van der Waals surface area contributed by atoms with Gasteiger partial charge in [0.2, 0.25) is 0 Å². The zero-order valence-corrected chi connectivity index (χ0v) is 12.6. The van der Waals surface area contributed by atoms with E-state index < -0.39 is 5.91 Å². The molecule has 0 bridgehead atoms. The van der Waals surface area contributed by atoms with Crippen LogP contribution in [-0.2, 0) is 0 Å². The summed E-state index contributed by atoms with van der Waals surface area (Å²) in [5.41, 5.74) is 3.69. The van der Waals surface area contributed by atoms with Crippen LogP contribution in [0.2, 0.25) is 10.0 Å². The molecule has 0 saturated carbocycles. The molecular formula is C15H12Cl2N2O2. The van der Waals surface area contributed by atoms with Gasteiger partial charge in [-0.1, -0.05) is 41.4 Å². The maximum Gasteiger partial charge on any atom is 0.275 e. The maximum atomic E-state index is 12.0. The van der Waals surface area contributed by atoms with Crippen molar-refractivity contribution in [2.24, 2.45) is 5.10 Å². The zero-order valence-electron chi connectivity index (χ0n) is 11.1. The van der Waals surface area contributed by atoms with Crippen LogP contribution < -0.4 is 5.43 Å². The lowest BCUT2D eigenvalue weighted by Crippen LogP contribution is -2.19. The molecule has 0 aliphatic rings. The maximum absolute atomic E-state index is 12.0. The Hall–Kier alpha value is -2.04. The summed E-state index contributed by atoms with van der Waals surface area (Å²) in [6, 6.07) is 11.4. The van der Waals surface area contributed by atoms with Gasteiger partial charge >= 0.3 is 0 Å². The quantitative estimate of drug-likeness (QED) is 0.666. The molecule has 108 valence electrons. The summed E-state index contributed by atoms with van der Waals surface area (Å²) < 4.78 is 0. The number of benzene rings is 2. The highest BCUT2D eigenvalue weighted by Gasteiger charge is 2.11. The Balaban J connectivity index is 2.19. The first kappa shape index (κ1) is 15.4. The lowest BCUT2D eigenvalue weighted by Gasteiger charge is -2.06. The molecule has 0 aliphatic heterocycles. The molecule has 0 aliphatic carbocycles. The number of hydrazone groups is 1. The summed E-state index contributed by atoms with van der Waals surface area (Å²) >= 11 is 11.8. The number of carbonyl (C=O) groups excluding carboxylic acids is 1. The van der Waals surface area contributed by atoms with Crippen LogP contribution in [0.3, 0.4) is 0 Å². The van der Waals surface area contributed by atoms with Gasteiger partial charge < -0.3 is 5.11 Å². The van der Waals surface area contributed by atoms with E-state index in [0.29, 0.717) is 15.8 Å². The SMILES string of the molecule is C/C(=N\NC(=O)c1cc(Cl)ccc1O)c1ccccc1Cl. The molecule has 0 spiro atoms. The monoisotopic (exact) mass is 322 g/mol. The molecular weight excluding hydrogens is 311 g/mol. The van der Waals surface area contributed by atoms with E-state index in [1.54, 1.807) is 19.1 Å². The molecule has 6 heteroatoms. The van der Waals surface area contributed by atoms with Crippen LogP contribution in [-0.4, -0.2) is 16.7 Å². The minimum absolute atomic E-state index is 0.0539. The fraction of sp³-hybridized carbons (Fsp3) is 0.0667. The molecule has 1 amide bonds. The molecule has 0 heterocycles. The van der Waals surface area contributed by atoms with E-state index in [1.165, 1.54) is 18.2 Å². The van der Waals surface area contributed by atoms with Gasteiger partial charge in [-0.05, 0) is 31.2 Å². The molecule has 21 heavy (non-hydrogen) atoms. The Bertz CT molecular complexity index is 715. The highest BCUT2D eigenvalue weighted by molar-refractivity contribution is 6.34. The number of phenolic OH excluding ortho intramolecular Hbond substituents is 1. The molecule has 4 nitrogen and oxygen atoms in total. The number of amides is 1. The summed E-state index contributed by atoms with van der Waals surface area (Å²) in [5, 5.41) is 14.5. The molecule has 0 unspecified atom stereocenters. The Labute approximate surface area is 132 Å². The molecule has 2 aromatic carbocycles. The van der Waals surface area contributed by atoms with Gasteiger partial charge in [0, 0.05) is 15.6 Å². The van der Waals surface area contributed by atoms with Crippen LogP contribution in [0.15, 0.2) is 47.6 Å². The Kier molecular flexibility index (Phi) is 4.83. The second kappa shape index (κ2) is 6.61. The average Bonchev–Trinajstić information content (AvgIpc) is 2.47. The largest absolute Gasteiger partial charge is 0.507 e. The standard InChI is InChI=1S/C15H12Cl2N2O2/c1-9(11-4-2-3-5-13(11)17)18-19-15(21)12-8-10(16)6-7-14(12)20/h2-8,20H,1H3,(H,19,21)/b18-9+. The van der Waals surface area contributed by atoms with E-state index in [-0.39, 0.29) is 11.3 Å². The van der Waals surface area contributed by atoms with Crippen LogP contribution in [0.5, 0.6) is 5.75 Å². The molecule has 0 radical (unpaired) electrons. The van der Waals surface area contributed by atoms with Crippen LogP contribution >= 0.6 is 23.2 Å². The third-order valence-corrected chi connectivity index (χ3v) is 3.36. The number of hydrogen-bond acceptors (Lipinski definition) is 3. The van der Waals surface area contributed by atoms with E-state index in [9.17, 15) is 9.90 Å². The van der Waals surface area contributed by atoms with Gasteiger partial charge in [-0.25, -0.2) is 5.43 Å². The summed E-state index contributed by atoms with van der Waals surface area (Å²) in [6.45, 7) is 1.72. The summed E-state index contributed by atoms with van der Waals surface area (Å²) in [6.07, 6.45) is 0. The van der Waals surface area contributed by atoms with E-state index in [2.05, 4.69) is 10.5 Å². The van der Waals surface area contributed by atoms with Crippen molar-refractivity contribution in [3.05, 3.63) is 63.6 Å². The van der Waals surface area contributed by atoms with Crippen molar-refractivity contribution in [2.75, 3.05) is 0 Å². The van der Waals surface area contributed by atoms with Crippen LogP contribution in [0, 0.1) is 0 Å². The fourth-order valence-electron chi connectivity index (χ4n) is 1.70. The molecule has 0 atom stereocenters. The lowest BCUT2D eigenvalue weighted by molar-refractivity contribution is 0.0952. The molecule has 2 N–H and O–H groups in total. The molecule has 2 aromatic rings. The predicted octanol–water partition coefficient (Wildman–Crippen LogP) is 3.85. The number of halogens is 2. The van der Waals surface area contributed by atoms with Crippen molar-refractivity contribution in [3.63, 3.8) is 0 Å². The highest BCUT2D eigenvalue weighted by Crippen LogP contribution is 2.21. The van der Waals surface area contributed by atoms with E-state index >= 15 is 0 Å². The number of hydrogen-bond donors (Lipinski definition) is 2. The molecule has 0 aromatic heterocycles. The Morgan fingerprint density at radius 2 is 1.86 bits per heavy atom. The van der Waals surface area contributed by atoms with Crippen LogP contribution in [0.4, 0.5) is 0 Å². The predicted molar refractivity (Wildman–Crippen MR) is 84.2 cm³/mol. The molecule has 0 fully saturated rings. The lowest BCUT2D eigenvalue weighted by atomic mass is 10.1. The van der Waals surface area contributed by atoms with Crippen molar-refractivity contribution >= 4 is 34.8 Å². The van der Waals surface area contributed by atoms with Crippen molar-refractivity contribution in [1.29, 1.82) is 0 Å². The smallest absolute Gasteiger partial charge is 0.275 e. The second-order valence-electron chi connectivity index (χ2n) is 4.28. The van der Waals surface area contributed by atoms with Crippen molar-refractivity contribution in [3.8, 4) is 5.75 Å². The third-order valence-electron chi connectivity index (χ3n) is 2.79. The second-order valence-corrected chi connectivity index (χ2v) is 5.12. The van der Waals surface area contributed by atoms with Crippen LogP contribution in [0.1, 0.15) is 22.8 Å². The van der Waals surface area contributed by atoms with Gasteiger partial charge in [0.15, 0.2) is 0 Å². The molecule has 0 saturated heterocycles. The van der Waals surface area contributed by atoms with Gasteiger partial charge in [0.05, 0.1) is 11.3 Å². The van der Waals surface area contributed by atoms with E-state index in [4.69, 9.17) is 23.2 Å². The van der Waals surface area contributed by atoms with Crippen molar-refractivity contribution in [1.82, 2.24) is 5.43 Å². The summed E-state index contributed by atoms with van der Waals surface area (Å²) in [7, 11) is 0. The first-order valence-corrected chi connectivity index (χ1v) is 6.82.